The predicted molar refractivity (Wildman–Crippen MR) is 108 cm³/mol. The summed E-state index contributed by atoms with van der Waals surface area (Å²) in [6, 6.07) is 14.9. The van der Waals surface area contributed by atoms with Crippen molar-refractivity contribution in [1.29, 1.82) is 5.26 Å². The van der Waals surface area contributed by atoms with E-state index >= 15 is 0 Å². The molecule has 0 fully saturated rings. The molecule has 0 saturated carbocycles. The van der Waals surface area contributed by atoms with Crippen LogP contribution in [0.1, 0.15) is 5.56 Å². The van der Waals surface area contributed by atoms with Gasteiger partial charge >= 0.3 is 0 Å². The second-order valence-corrected chi connectivity index (χ2v) is 6.44. The lowest BCUT2D eigenvalue weighted by molar-refractivity contribution is -0.112. The van der Waals surface area contributed by atoms with E-state index in [9.17, 15) is 10.1 Å². The maximum atomic E-state index is 12.3. The number of carbonyl (C=O) groups excluding carboxylic acids is 1. The largest absolute Gasteiger partial charge is 0.493 e. The molecule has 0 aliphatic rings. The minimum absolute atomic E-state index is 0.0148. The molecule has 0 saturated heterocycles. The van der Waals surface area contributed by atoms with Gasteiger partial charge in [0, 0.05) is 29.0 Å². The highest BCUT2D eigenvalue weighted by Crippen LogP contribution is 2.29. The summed E-state index contributed by atoms with van der Waals surface area (Å²) in [6.07, 6.45) is 2.19. The molecule has 140 valence electrons. The van der Waals surface area contributed by atoms with Crippen LogP contribution in [0.3, 0.4) is 0 Å². The fourth-order valence-electron chi connectivity index (χ4n) is 2.34. The topological polar surface area (TPSA) is 83.4 Å². The summed E-state index contributed by atoms with van der Waals surface area (Å²) in [4.78, 5) is 12.3. The van der Waals surface area contributed by atoms with E-state index in [1.807, 2.05) is 30.3 Å². The molecule has 7 heteroatoms. The molecule has 27 heavy (non-hydrogen) atoms. The zero-order valence-electron chi connectivity index (χ0n) is 15.1. The number of hydrogen-bond donors (Lipinski definition) is 2. The first-order valence-electron chi connectivity index (χ1n) is 8.19. The van der Waals surface area contributed by atoms with E-state index in [2.05, 4.69) is 26.6 Å². The normalized spacial score (nSPS) is 10.7. The van der Waals surface area contributed by atoms with Crippen LogP contribution in [-0.2, 0) is 11.2 Å². The monoisotopic (exact) mass is 429 g/mol. The number of hydrogen-bond acceptors (Lipinski definition) is 5. The Morgan fingerprint density at radius 3 is 2.63 bits per heavy atom. The molecule has 0 spiro atoms. The Hall–Kier alpha value is -2.98. The number of nitriles is 1. The van der Waals surface area contributed by atoms with Gasteiger partial charge in [-0.15, -0.1) is 0 Å². The van der Waals surface area contributed by atoms with Gasteiger partial charge in [0.1, 0.15) is 11.6 Å². The number of amides is 1. The van der Waals surface area contributed by atoms with Gasteiger partial charge in [0.2, 0.25) is 0 Å². The number of ether oxygens (including phenoxy) is 2. The van der Waals surface area contributed by atoms with E-state index in [-0.39, 0.29) is 5.57 Å². The molecule has 0 aromatic heterocycles. The molecule has 0 aliphatic heterocycles. The Labute approximate surface area is 166 Å². The summed E-state index contributed by atoms with van der Waals surface area (Å²) >= 11 is 3.43. The number of nitrogens with zero attached hydrogens (tertiary/aromatic N) is 1. The lowest BCUT2D eigenvalue weighted by Gasteiger charge is -2.10. The smallest absolute Gasteiger partial charge is 0.267 e. The number of rotatable bonds is 8. The van der Waals surface area contributed by atoms with Crippen molar-refractivity contribution in [2.24, 2.45) is 0 Å². The van der Waals surface area contributed by atoms with Crippen LogP contribution in [0.5, 0.6) is 11.5 Å². The van der Waals surface area contributed by atoms with E-state index < -0.39 is 5.91 Å². The summed E-state index contributed by atoms with van der Waals surface area (Å²) in [5.74, 6) is 0.547. The van der Waals surface area contributed by atoms with E-state index in [0.29, 0.717) is 23.7 Å². The van der Waals surface area contributed by atoms with Crippen molar-refractivity contribution in [2.75, 3.05) is 26.1 Å². The summed E-state index contributed by atoms with van der Waals surface area (Å²) in [5.41, 5.74) is 1.64. The Balaban J connectivity index is 1.95. The van der Waals surface area contributed by atoms with Gasteiger partial charge < -0.3 is 20.1 Å². The summed E-state index contributed by atoms with van der Waals surface area (Å²) in [7, 11) is 3.05. The van der Waals surface area contributed by atoms with Crippen LogP contribution in [-0.4, -0.2) is 26.7 Å². The molecule has 2 aromatic carbocycles. The maximum Gasteiger partial charge on any atom is 0.267 e. The maximum absolute atomic E-state index is 12.3. The van der Waals surface area contributed by atoms with Crippen LogP contribution in [0.2, 0.25) is 0 Å². The SMILES string of the molecule is COc1ccc(NC(=O)/C(C#N)=C\NCCc2cccc(Br)c2)cc1OC. The van der Waals surface area contributed by atoms with Crippen LogP contribution >= 0.6 is 15.9 Å². The molecule has 2 N–H and O–H groups in total. The van der Waals surface area contributed by atoms with Gasteiger partial charge in [0.15, 0.2) is 11.5 Å². The Morgan fingerprint density at radius 1 is 1.19 bits per heavy atom. The van der Waals surface area contributed by atoms with Gasteiger partial charge in [-0.1, -0.05) is 28.1 Å². The average Bonchev–Trinajstić information content (AvgIpc) is 2.67. The molecule has 6 nitrogen and oxygen atoms in total. The van der Waals surface area contributed by atoms with Gasteiger partial charge in [-0.2, -0.15) is 5.26 Å². The molecule has 0 unspecified atom stereocenters. The zero-order chi connectivity index (χ0) is 19.6. The first kappa shape index (κ1) is 20.3. The molecule has 0 heterocycles. The third kappa shape index (κ3) is 6.04. The van der Waals surface area contributed by atoms with Gasteiger partial charge in [-0.3, -0.25) is 4.79 Å². The Kier molecular flexibility index (Phi) is 7.71. The van der Waals surface area contributed by atoms with Crippen LogP contribution in [0.25, 0.3) is 0 Å². The molecular formula is C20H20BrN3O3. The number of anilines is 1. The van der Waals surface area contributed by atoms with Crippen molar-refractivity contribution in [2.45, 2.75) is 6.42 Å². The standard InChI is InChI=1S/C20H20BrN3O3/c1-26-18-7-6-17(11-19(18)27-2)24-20(25)15(12-22)13-23-9-8-14-4-3-5-16(21)10-14/h3-7,10-11,13,23H,8-9H2,1-2H3,(H,24,25)/b15-13-. The lowest BCUT2D eigenvalue weighted by atomic mass is 10.1. The molecule has 2 aromatic rings. The molecule has 0 radical (unpaired) electrons. The van der Waals surface area contributed by atoms with Crippen molar-refractivity contribution in [3.63, 3.8) is 0 Å². The van der Waals surface area contributed by atoms with E-state index in [1.54, 1.807) is 18.2 Å². The van der Waals surface area contributed by atoms with Crippen molar-refractivity contribution < 1.29 is 14.3 Å². The van der Waals surface area contributed by atoms with Gasteiger partial charge in [0.25, 0.3) is 5.91 Å². The highest BCUT2D eigenvalue weighted by molar-refractivity contribution is 9.10. The number of methoxy groups -OCH3 is 2. The van der Waals surface area contributed by atoms with Crippen LogP contribution in [0, 0.1) is 11.3 Å². The minimum atomic E-state index is -0.500. The second kappa shape index (κ2) is 10.2. The number of halogens is 1. The number of carbonyl (C=O) groups is 1. The molecule has 0 atom stereocenters. The molecule has 1 amide bonds. The molecule has 2 rings (SSSR count). The number of nitrogens with one attached hydrogen (secondary N) is 2. The first-order valence-corrected chi connectivity index (χ1v) is 8.98. The van der Waals surface area contributed by atoms with Crippen molar-refractivity contribution in [1.82, 2.24) is 5.32 Å². The van der Waals surface area contributed by atoms with Crippen molar-refractivity contribution in [3.05, 3.63) is 64.3 Å². The van der Waals surface area contributed by atoms with E-state index in [0.717, 1.165) is 16.5 Å². The minimum Gasteiger partial charge on any atom is -0.493 e. The summed E-state index contributed by atoms with van der Waals surface area (Å²) < 4.78 is 11.4. The van der Waals surface area contributed by atoms with Crippen molar-refractivity contribution >= 4 is 27.5 Å². The van der Waals surface area contributed by atoms with Crippen LogP contribution in [0.15, 0.2) is 58.7 Å². The summed E-state index contributed by atoms with van der Waals surface area (Å²) in [5, 5.41) is 14.9. The van der Waals surface area contributed by atoms with Gasteiger partial charge in [0.05, 0.1) is 14.2 Å². The lowest BCUT2D eigenvalue weighted by Crippen LogP contribution is -2.18. The molecular weight excluding hydrogens is 410 g/mol. The Bertz CT molecular complexity index is 875. The predicted octanol–water partition coefficient (Wildman–Crippen LogP) is 3.64. The highest BCUT2D eigenvalue weighted by Gasteiger charge is 2.11. The first-order chi connectivity index (χ1) is 13.1. The zero-order valence-corrected chi connectivity index (χ0v) is 16.7. The van der Waals surface area contributed by atoms with E-state index in [1.165, 1.54) is 20.4 Å². The average molecular weight is 430 g/mol. The Morgan fingerprint density at radius 2 is 1.96 bits per heavy atom. The highest BCUT2D eigenvalue weighted by atomic mass is 79.9. The fraction of sp³-hybridized carbons (Fsp3) is 0.200. The van der Waals surface area contributed by atoms with Crippen LogP contribution in [0.4, 0.5) is 5.69 Å². The number of benzene rings is 2. The van der Waals surface area contributed by atoms with E-state index in [4.69, 9.17) is 9.47 Å². The second-order valence-electron chi connectivity index (χ2n) is 5.53. The third-order valence-corrected chi connectivity index (χ3v) is 4.19. The molecule has 0 bridgehead atoms. The quantitative estimate of drug-likeness (QED) is 0.380. The fourth-order valence-corrected chi connectivity index (χ4v) is 2.79. The van der Waals surface area contributed by atoms with Gasteiger partial charge in [-0.25, -0.2) is 0 Å². The molecule has 0 aliphatic carbocycles. The third-order valence-electron chi connectivity index (χ3n) is 3.70. The van der Waals surface area contributed by atoms with Crippen molar-refractivity contribution in [3.8, 4) is 17.6 Å². The van der Waals surface area contributed by atoms with Crippen LogP contribution < -0.4 is 20.1 Å². The van der Waals surface area contributed by atoms with Gasteiger partial charge in [-0.05, 0) is 36.2 Å². The summed E-state index contributed by atoms with van der Waals surface area (Å²) in [6.45, 7) is 0.602.